The minimum atomic E-state index is -0.988. The van der Waals surface area contributed by atoms with Gasteiger partial charge in [-0.25, -0.2) is 0 Å². The molecule has 0 aromatic carbocycles. The summed E-state index contributed by atoms with van der Waals surface area (Å²) in [4.78, 5) is 30.8. The third-order valence-corrected chi connectivity index (χ3v) is 1.70. The molecular formula is C7H11NO5. The van der Waals surface area contributed by atoms with Crippen molar-refractivity contribution in [1.82, 2.24) is 0 Å². The van der Waals surface area contributed by atoms with Gasteiger partial charge in [-0.2, -0.15) is 0 Å². The van der Waals surface area contributed by atoms with E-state index in [0.29, 0.717) is 6.29 Å². The number of methoxy groups -OCH3 is 1. The maximum atomic E-state index is 11.0. The van der Waals surface area contributed by atoms with Gasteiger partial charge in [-0.3, -0.25) is 14.9 Å². The second-order valence-corrected chi connectivity index (χ2v) is 2.64. The minimum absolute atomic E-state index is 0.505. The quantitative estimate of drug-likeness (QED) is 0.260. The average molecular weight is 189 g/mol. The van der Waals surface area contributed by atoms with Gasteiger partial charge < -0.3 is 9.53 Å². The summed E-state index contributed by atoms with van der Waals surface area (Å²) in [5.74, 6) is -2.41. The zero-order valence-corrected chi connectivity index (χ0v) is 7.43. The van der Waals surface area contributed by atoms with Gasteiger partial charge in [-0.1, -0.05) is 6.92 Å². The number of nitro groups is 1. The molecule has 2 atom stereocenters. The molecule has 0 saturated carbocycles. The fourth-order valence-electron chi connectivity index (χ4n) is 0.862. The topological polar surface area (TPSA) is 86.5 Å². The van der Waals surface area contributed by atoms with Gasteiger partial charge in [0, 0.05) is 10.8 Å². The van der Waals surface area contributed by atoms with Crippen molar-refractivity contribution in [2.45, 2.75) is 6.92 Å². The molecule has 13 heavy (non-hydrogen) atoms. The highest BCUT2D eigenvalue weighted by atomic mass is 16.6. The molecule has 6 nitrogen and oxygen atoms in total. The summed E-state index contributed by atoms with van der Waals surface area (Å²) in [5.41, 5.74) is 0. The summed E-state index contributed by atoms with van der Waals surface area (Å²) in [7, 11) is 1.13. The van der Waals surface area contributed by atoms with Crippen LogP contribution in [-0.4, -0.2) is 30.8 Å². The van der Waals surface area contributed by atoms with Crippen molar-refractivity contribution >= 4 is 12.3 Å². The van der Waals surface area contributed by atoms with E-state index in [0.717, 1.165) is 7.11 Å². The Balaban J connectivity index is 4.44. The largest absolute Gasteiger partial charge is 0.469 e. The number of esters is 1. The highest BCUT2D eigenvalue weighted by molar-refractivity contribution is 5.76. The summed E-state index contributed by atoms with van der Waals surface area (Å²) in [5, 5.41) is 10.1. The first-order chi connectivity index (χ1) is 6.02. The molecule has 6 heteroatoms. The normalized spacial score (nSPS) is 14.3. The second kappa shape index (κ2) is 5.23. The van der Waals surface area contributed by atoms with E-state index in [1.165, 1.54) is 6.92 Å². The standard InChI is InChI=1S/C7H11NO5/c1-5(4-9)6(3-8(11)12)7(10)13-2/h4-6H,3H2,1-2H3. The molecule has 0 aliphatic rings. The Morgan fingerprint density at radius 3 is 2.54 bits per heavy atom. The van der Waals surface area contributed by atoms with Gasteiger partial charge in [-0.15, -0.1) is 0 Å². The van der Waals surface area contributed by atoms with E-state index < -0.39 is 29.3 Å². The van der Waals surface area contributed by atoms with Crippen molar-refractivity contribution in [1.29, 1.82) is 0 Å². The molecule has 0 aliphatic heterocycles. The summed E-state index contributed by atoms with van der Waals surface area (Å²) in [6, 6.07) is 0. The zero-order valence-electron chi connectivity index (χ0n) is 7.43. The Morgan fingerprint density at radius 1 is 1.69 bits per heavy atom. The van der Waals surface area contributed by atoms with Crippen LogP contribution in [0.3, 0.4) is 0 Å². The first-order valence-corrected chi connectivity index (χ1v) is 3.67. The Labute approximate surface area is 75.0 Å². The first-order valence-electron chi connectivity index (χ1n) is 3.67. The van der Waals surface area contributed by atoms with E-state index in [4.69, 9.17) is 0 Å². The summed E-state index contributed by atoms with van der Waals surface area (Å²) >= 11 is 0. The highest BCUT2D eigenvalue weighted by Crippen LogP contribution is 2.11. The smallest absolute Gasteiger partial charge is 0.316 e. The van der Waals surface area contributed by atoms with Gasteiger partial charge in [0.15, 0.2) is 0 Å². The fourth-order valence-corrected chi connectivity index (χ4v) is 0.862. The molecule has 74 valence electrons. The summed E-state index contributed by atoms with van der Waals surface area (Å²) in [6.45, 7) is 0.866. The third kappa shape index (κ3) is 3.64. The number of hydrogen-bond donors (Lipinski definition) is 0. The lowest BCUT2D eigenvalue weighted by Crippen LogP contribution is -2.30. The van der Waals surface area contributed by atoms with Crippen LogP contribution in [0.1, 0.15) is 6.92 Å². The van der Waals surface area contributed by atoms with Gasteiger partial charge in [0.2, 0.25) is 6.54 Å². The maximum absolute atomic E-state index is 11.0. The van der Waals surface area contributed by atoms with Gasteiger partial charge in [0.25, 0.3) is 0 Å². The van der Waals surface area contributed by atoms with Gasteiger partial charge in [-0.05, 0) is 0 Å². The Morgan fingerprint density at radius 2 is 2.23 bits per heavy atom. The molecule has 0 radical (unpaired) electrons. The van der Waals surface area contributed by atoms with Crippen molar-refractivity contribution in [3.05, 3.63) is 10.1 Å². The molecule has 0 heterocycles. The van der Waals surface area contributed by atoms with Crippen LogP contribution >= 0.6 is 0 Å². The van der Waals surface area contributed by atoms with Crippen LogP contribution in [0.25, 0.3) is 0 Å². The fraction of sp³-hybridized carbons (Fsp3) is 0.714. The Bertz CT molecular complexity index is 215. The molecule has 0 fully saturated rings. The number of rotatable bonds is 5. The molecule has 0 saturated heterocycles. The van der Waals surface area contributed by atoms with Gasteiger partial charge in [0.1, 0.15) is 12.2 Å². The number of nitrogens with zero attached hydrogens (tertiary/aromatic N) is 1. The molecule has 0 spiro atoms. The van der Waals surface area contributed by atoms with Crippen molar-refractivity contribution in [3.8, 4) is 0 Å². The van der Waals surface area contributed by atoms with Crippen molar-refractivity contribution in [2.75, 3.05) is 13.7 Å². The number of carbonyl (C=O) groups excluding carboxylic acids is 2. The maximum Gasteiger partial charge on any atom is 0.316 e. The predicted molar refractivity (Wildman–Crippen MR) is 42.6 cm³/mol. The van der Waals surface area contributed by atoms with Gasteiger partial charge in [0.05, 0.1) is 7.11 Å². The average Bonchev–Trinajstić information content (AvgIpc) is 2.11. The summed E-state index contributed by atoms with van der Waals surface area (Å²) in [6.07, 6.45) is 0.505. The Hall–Kier alpha value is -1.46. The van der Waals surface area contributed by atoms with E-state index in [9.17, 15) is 19.7 Å². The Kier molecular flexibility index (Phi) is 4.64. The molecule has 0 rings (SSSR count). The van der Waals surface area contributed by atoms with Crippen LogP contribution < -0.4 is 0 Å². The number of ether oxygens (including phenoxy) is 1. The molecule has 0 aromatic heterocycles. The molecule has 0 aromatic rings. The SMILES string of the molecule is COC(=O)C(C[N+](=O)[O-])C(C)C=O. The zero-order chi connectivity index (χ0) is 10.4. The van der Waals surface area contributed by atoms with Crippen LogP contribution in [0.15, 0.2) is 0 Å². The third-order valence-electron chi connectivity index (χ3n) is 1.70. The molecule has 0 aliphatic carbocycles. The van der Waals surface area contributed by atoms with Gasteiger partial charge >= 0.3 is 5.97 Å². The second-order valence-electron chi connectivity index (χ2n) is 2.64. The highest BCUT2D eigenvalue weighted by Gasteiger charge is 2.30. The lowest BCUT2D eigenvalue weighted by atomic mass is 9.96. The monoisotopic (exact) mass is 189 g/mol. The summed E-state index contributed by atoms with van der Waals surface area (Å²) < 4.78 is 4.33. The van der Waals surface area contributed by atoms with E-state index in [-0.39, 0.29) is 0 Å². The van der Waals surface area contributed by atoms with Crippen LogP contribution in [0.4, 0.5) is 0 Å². The molecule has 0 bridgehead atoms. The number of hydrogen-bond acceptors (Lipinski definition) is 5. The van der Waals surface area contributed by atoms with E-state index >= 15 is 0 Å². The van der Waals surface area contributed by atoms with Crippen LogP contribution in [0, 0.1) is 22.0 Å². The predicted octanol–water partition coefficient (Wildman–Crippen LogP) is -0.113. The molecular weight excluding hydrogens is 178 g/mol. The lowest BCUT2D eigenvalue weighted by Gasteiger charge is -2.12. The minimum Gasteiger partial charge on any atom is -0.469 e. The number of aldehydes is 1. The lowest BCUT2D eigenvalue weighted by molar-refractivity contribution is -0.487. The van der Waals surface area contributed by atoms with E-state index in [1.807, 2.05) is 0 Å². The van der Waals surface area contributed by atoms with Crippen molar-refractivity contribution in [2.24, 2.45) is 11.8 Å². The first kappa shape index (κ1) is 11.5. The van der Waals surface area contributed by atoms with Crippen molar-refractivity contribution in [3.63, 3.8) is 0 Å². The molecule has 2 unspecified atom stereocenters. The van der Waals surface area contributed by atoms with Crippen molar-refractivity contribution < 1.29 is 19.2 Å². The van der Waals surface area contributed by atoms with Crippen LogP contribution in [0.2, 0.25) is 0 Å². The molecule has 0 amide bonds. The van der Waals surface area contributed by atoms with E-state index in [1.54, 1.807) is 0 Å². The van der Waals surface area contributed by atoms with Crippen LogP contribution in [0.5, 0.6) is 0 Å². The number of carbonyl (C=O) groups is 2. The van der Waals surface area contributed by atoms with E-state index in [2.05, 4.69) is 4.74 Å². The van der Waals surface area contributed by atoms with Crippen LogP contribution in [-0.2, 0) is 14.3 Å². The molecule has 0 N–H and O–H groups in total.